The third-order valence-electron chi connectivity index (χ3n) is 1.54. The van der Waals surface area contributed by atoms with Crippen molar-refractivity contribution in [3.8, 4) is 0 Å². The first kappa shape index (κ1) is 9.39. The second-order valence-electron chi connectivity index (χ2n) is 2.55. The molecule has 0 aliphatic carbocycles. The van der Waals surface area contributed by atoms with Crippen LogP contribution in [0.1, 0.15) is 12.2 Å². The van der Waals surface area contributed by atoms with Gasteiger partial charge in [0.1, 0.15) is 11.5 Å². The Morgan fingerprint density at radius 2 is 2.50 bits per heavy atom. The molecule has 0 spiro atoms. The van der Waals surface area contributed by atoms with Gasteiger partial charge in [0.15, 0.2) is 0 Å². The zero-order valence-electron chi connectivity index (χ0n) is 7.08. The minimum Gasteiger partial charge on any atom is -0.469 e. The predicted octanol–water partition coefficient (Wildman–Crippen LogP) is 2.14. The van der Waals surface area contributed by atoms with Crippen molar-refractivity contribution in [3.63, 3.8) is 0 Å². The molecule has 2 nitrogen and oxygen atoms in total. The highest BCUT2D eigenvalue weighted by Gasteiger charge is 2.02. The highest BCUT2D eigenvalue weighted by molar-refractivity contribution is 7.99. The summed E-state index contributed by atoms with van der Waals surface area (Å²) in [5, 5.41) is 0. The maximum atomic E-state index is 11.1. The van der Waals surface area contributed by atoms with E-state index in [-0.39, 0.29) is 0 Å². The van der Waals surface area contributed by atoms with Crippen LogP contribution >= 0.6 is 11.8 Å². The van der Waals surface area contributed by atoms with Crippen molar-refractivity contribution >= 4 is 17.5 Å². The Balaban J connectivity index is 2.22. The van der Waals surface area contributed by atoms with E-state index in [9.17, 15) is 4.79 Å². The Hall–Kier alpha value is -0.700. The van der Waals surface area contributed by atoms with E-state index in [1.807, 2.05) is 18.4 Å². The summed E-state index contributed by atoms with van der Waals surface area (Å²) in [6, 6.07) is 3.74. The van der Waals surface area contributed by atoms with Crippen molar-refractivity contribution < 1.29 is 9.21 Å². The van der Waals surface area contributed by atoms with E-state index in [1.54, 1.807) is 18.0 Å². The number of carbonyl (C=O) groups is 1. The van der Waals surface area contributed by atoms with E-state index in [4.69, 9.17) is 4.42 Å². The number of hydrogen-bond acceptors (Lipinski definition) is 3. The lowest BCUT2D eigenvalue weighted by molar-refractivity contribution is -0.116. The number of furan rings is 1. The van der Waals surface area contributed by atoms with E-state index in [0.29, 0.717) is 18.0 Å². The summed E-state index contributed by atoms with van der Waals surface area (Å²) in [6.45, 7) is 0. The van der Waals surface area contributed by atoms with Gasteiger partial charge in [-0.1, -0.05) is 0 Å². The third-order valence-corrected chi connectivity index (χ3v) is 2.15. The first-order valence-corrected chi connectivity index (χ1v) is 5.25. The lowest BCUT2D eigenvalue weighted by Gasteiger charge is -1.95. The van der Waals surface area contributed by atoms with E-state index < -0.39 is 0 Å². The highest BCUT2D eigenvalue weighted by Crippen LogP contribution is 2.05. The smallest absolute Gasteiger partial charge is 0.143 e. The summed E-state index contributed by atoms with van der Waals surface area (Å²) in [7, 11) is 0. The van der Waals surface area contributed by atoms with E-state index >= 15 is 0 Å². The van der Waals surface area contributed by atoms with Crippen LogP contribution in [-0.4, -0.2) is 17.8 Å². The van der Waals surface area contributed by atoms with Gasteiger partial charge in [-0.05, 0) is 18.4 Å². The number of rotatable bonds is 5. The molecule has 66 valence electrons. The van der Waals surface area contributed by atoms with Crippen LogP contribution in [0, 0.1) is 0 Å². The number of ketones is 1. The van der Waals surface area contributed by atoms with Crippen LogP contribution in [0.4, 0.5) is 0 Å². The van der Waals surface area contributed by atoms with Gasteiger partial charge in [0.2, 0.25) is 0 Å². The molecule has 1 heterocycles. The SMILES string of the molecule is CSCC(=O)CCc1ccco1. The minimum absolute atomic E-state index is 0.291. The second kappa shape index (κ2) is 5.04. The molecule has 0 atom stereocenters. The Bertz CT molecular complexity index is 229. The molecule has 0 saturated heterocycles. The van der Waals surface area contributed by atoms with Crippen LogP contribution in [0.5, 0.6) is 0 Å². The molecule has 1 aromatic rings. The van der Waals surface area contributed by atoms with Gasteiger partial charge in [-0.25, -0.2) is 0 Å². The molecular weight excluding hydrogens is 172 g/mol. The Morgan fingerprint density at radius 1 is 1.67 bits per heavy atom. The molecule has 12 heavy (non-hydrogen) atoms. The topological polar surface area (TPSA) is 30.2 Å². The quantitative estimate of drug-likeness (QED) is 0.702. The summed E-state index contributed by atoms with van der Waals surface area (Å²) in [4.78, 5) is 11.1. The van der Waals surface area contributed by atoms with Crippen LogP contribution in [-0.2, 0) is 11.2 Å². The minimum atomic E-state index is 0.291. The standard InChI is InChI=1S/C9H12O2S/c1-12-7-8(10)4-5-9-3-2-6-11-9/h2-3,6H,4-5,7H2,1H3. The summed E-state index contributed by atoms with van der Waals surface area (Å²) in [5.41, 5.74) is 0. The van der Waals surface area contributed by atoms with Crippen LogP contribution in [0.2, 0.25) is 0 Å². The molecule has 0 unspecified atom stereocenters. The van der Waals surface area contributed by atoms with Gasteiger partial charge in [0.05, 0.1) is 12.0 Å². The summed E-state index contributed by atoms with van der Waals surface area (Å²) in [5.74, 6) is 1.80. The first-order chi connectivity index (χ1) is 5.83. The lowest BCUT2D eigenvalue weighted by Crippen LogP contribution is -2.02. The predicted molar refractivity (Wildman–Crippen MR) is 50.4 cm³/mol. The molecule has 0 aliphatic heterocycles. The number of hydrogen-bond donors (Lipinski definition) is 0. The molecule has 0 bridgehead atoms. The fourth-order valence-electron chi connectivity index (χ4n) is 0.951. The van der Waals surface area contributed by atoms with Crippen molar-refractivity contribution in [2.75, 3.05) is 12.0 Å². The van der Waals surface area contributed by atoms with Gasteiger partial charge in [-0.2, -0.15) is 11.8 Å². The monoisotopic (exact) mass is 184 g/mol. The molecule has 0 radical (unpaired) electrons. The number of thioether (sulfide) groups is 1. The van der Waals surface area contributed by atoms with Gasteiger partial charge < -0.3 is 4.42 Å². The summed E-state index contributed by atoms with van der Waals surface area (Å²) < 4.78 is 5.10. The zero-order valence-corrected chi connectivity index (χ0v) is 7.89. The normalized spacial score (nSPS) is 10.1. The number of Topliss-reactive ketones (excluding diaryl/α,β-unsaturated/α-hetero) is 1. The maximum Gasteiger partial charge on any atom is 0.143 e. The van der Waals surface area contributed by atoms with Crippen molar-refractivity contribution in [1.82, 2.24) is 0 Å². The number of aryl methyl sites for hydroxylation is 1. The van der Waals surface area contributed by atoms with E-state index in [2.05, 4.69) is 0 Å². The van der Waals surface area contributed by atoms with Gasteiger partial charge >= 0.3 is 0 Å². The van der Waals surface area contributed by atoms with Crippen molar-refractivity contribution in [3.05, 3.63) is 24.2 Å². The fourth-order valence-corrected chi connectivity index (χ4v) is 1.42. The van der Waals surface area contributed by atoms with E-state index in [0.717, 1.165) is 12.2 Å². The van der Waals surface area contributed by atoms with Crippen LogP contribution in [0.25, 0.3) is 0 Å². The average Bonchev–Trinajstić information content (AvgIpc) is 2.53. The Morgan fingerprint density at radius 3 is 3.08 bits per heavy atom. The summed E-state index contributed by atoms with van der Waals surface area (Å²) >= 11 is 1.57. The van der Waals surface area contributed by atoms with Crippen molar-refractivity contribution in [2.45, 2.75) is 12.8 Å². The molecule has 0 N–H and O–H groups in total. The molecule has 0 aliphatic rings. The van der Waals surface area contributed by atoms with Gasteiger partial charge in [0.25, 0.3) is 0 Å². The highest BCUT2D eigenvalue weighted by atomic mass is 32.2. The van der Waals surface area contributed by atoms with Crippen LogP contribution < -0.4 is 0 Å². The van der Waals surface area contributed by atoms with Crippen LogP contribution in [0.3, 0.4) is 0 Å². The molecule has 0 aromatic carbocycles. The average molecular weight is 184 g/mol. The Labute approximate surface area is 76.3 Å². The second-order valence-corrected chi connectivity index (χ2v) is 3.42. The molecule has 0 saturated carbocycles. The summed E-state index contributed by atoms with van der Waals surface area (Å²) in [6.07, 6.45) is 4.89. The van der Waals surface area contributed by atoms with Gasteiger partial charge in [-0.3, -0.25) is 4.79 Å². The first-order valence-electron chi connectivity index (χ1n) is 3.86. The Kier molecular flexibility index (Phi) is 3.94. The molecular formula is C9H12O2S. The number of carbonyl (C=O) groups excluding carboxylic acids is 1. The zero-order chi connectivity index (χ0) is 8.81. The molecule has 3 heteroatoms. The molecule has 1 rings (SSSR count). The molecule has 0 amide bonds. The van der Waals surface area contributed by atoms with Crippen LogP contribution in [0.15, 0.2) is 22.8 Å². The fraction of sp³-hybridized carbons (Fsp3) is 0.444. The van der Waals surface area contributed by atoms with Crippen molar-refractivity contribution in [2.24, 2.45) is 0 Å². The van der Waals surface area contributed by atoms with Crippen molar-refractivity contribution in [1.29, 1.82) is 0 Å². The van der Waals surface area contributed by atoms with Gasteiger partial charge in [0, 0.05) is 12.8 Å². The molecule has 0 fully saturated rings. The van der Waals surface area contributed by atoms with Gasteiger partial charge in [-0.15, -0.1) is 0 Å². The largest absolute Gasteiger partial charge is 0.469 e. The van der Waals surface area contributed by atoms with E-state index in [1.165, 1.54) is 0 Å². The lowest BCUT2D eigenvalue weighted by atomic mass is 10.2. The third kappa shape index (κ3) is 3.13. The molecule has 1 aromatic heterocycles. The maximum absolute atomic E-state index is 11.1.